The molecule has 6 heteroatoms. The van der Waals surface area contributed by atoms with Gasteiger partial charge in [-0.1, -0.05) is 234 Å². The van der Waals surface area contributed by atoms with Crippen LogP contribution in [0.3, 0.4) is 0 Å². The predicted molar refractivity (Wildman–Crippen MR) is 284 cm³/mol. The van der Waals surface area contributed by atoms with Gasteiger partial charge in [-0.3, -0.25) is 14.4 Å². The highest BCUT2D eigenvalue weighted by Gasteiger charge is 2.19. The SMILES string of the molecule is CCCCC/C=C/C=C/C=C/C=C/CCCCCCCC(=O)OCC(COC(=O)CC/C=C/C/C=C/CCCCCCCC)OC(=O)CCCCCCCCC/C=C/CCCCCCCC. The van der Waals surface area contributed by atoms with Crippen molar-refractivity contribution in [3.05, 3.63) is 85.1 Å². The second-order valence-corrected chi connectivity index (χ2v) is 18.2. The van der Waals surface area contributed by atoms with E-state index in [9.17, 15) is 14.4 Å². The molecule has 66 heavy (non-hydrogen) atoms. The van der Waals surface area contributed by atoms with Gasteiger partial charge in [-0.25, -0.2) is 0 Å². The summed E-state index contributed by atoms with van der Waals surface area (Å²) in [6.07, 6.45) is 70.0. The Hall–Kier alpha value is -3.41. The van der Waals surface area contributed by atoms with Crippen molar-refractivity contribution in [3.8, 4) is 0 Å². The Labute approximate surface area is 407 Å². The number of hydrogen-bond donors (Lipinski definition) is 0. The fourth-order valence-electron chi connectivity index (χ4n) is 7.50. The van der Waals surface area contributed by atoms with Crippen LogP contribution in [0.2, 0.25) is 0 Å². The monoisotopic (exact) mass is 919 g/mol. The molecule has 378 valence electrons. The van der Waals surface area contributed by atoms with Gasteiger partial charge in [0.15, 0.2) is 6.10 Å². The molecule has 0 aliphatic heterocycles. The summed E-state index contributed by atoms with van der Waals surface area (Å²) in [5.41, 5.74) is 0. The van der Waals surface area contributed by atoms with Crippen molar-refractivity contribution in [1.82, 2.24) is 0 Å². The summed E-state index contributed by atoms with van der Waals surface area (Å²) in [5.74, 6) is -1.00. The van der Waals surface area contributed by atoms with Crippen molar-refractivity contribution in [1.29, 1.82) is 0 Å². The topological polar surface area (TPSA) is 78.9 Å². The Balaban J connectivity index is 4.49. The lowest BCUT2D eigenvalue weighted by Crippen LogP contribution is -2.30. The molecule has 0 heterocycles. The lowest BCUT2D eigenvalue weighted by Gasteiger charge is -2.18. The first-order chi connectivity index (χ1) is 32.5. The van der Waals surface area contributed by atoms with Gasteiger partial charge in [0, 0.05) is 19.3 Å². The van der Waals surface area contributed by atoms with Gasteiger partial charge in [-0.15, -0.1) is 0 Å². The molecule has 0 aliphatic carbocycles. The van der Waals surface area contributed by atoms with Crippen LogP contribution in [-0.2, 0) is 28.6 Å². The van der Waals surface area contributed by atoms with Gasteiger partial charge < -0.3 is 14.2 Å². The summed E-state index contributed by atoms with van der Waals surface area (Å²) in [7, 11) is 0. The quantitative estimate of drug-likeness (QED) is 0.0199. The van der Waals surface area contributed by atoms with Gasteiger partial charge in [0.1, 0.15) is 13.2 Å². The van der Waals surface area contributed by atoms with Gasteiger partial charge in [0.2, 0.25) is 0 Å². The van der Waals surface area contributed by atoms with E-state index in [1.54, 1.807) is 0 Å². The first-order valence-corrected chi connectivity index (χ1v) is 27.6. The first kappa shape index (κ1) is 62.6. The number of allylic oxidation sites excluding steroid dienone is 14. The fourth-order valence-corrected chi connectivity index (χ4v) is 7.50. The molecule has 1 unspecified atom stereocenters. The van der Waals surface area contributed by atoms with Crippen molar-refractivity contribution < 1.29 is 28.6 Å². The first-order valence-electron chi connectivity index (χ1n) is 27.6. The summed E-state index contributed by atoms with van der Waals surface area (Å²) in [5, 5.41) is 0. The van der Waals surface area contributed by atoms with E-state index in [1.165, 1.54) is 135 Å². The van der Waals surface area contributed by atoms with Crippen LogP contribution in [0, 0.1) is 0 Å². The van der Waals surface area contributed by atoms with Crippen LogP contribution in [0.4, 0.5) is 0 Å². The summed E-state index contributed by atoms with van der Waals surface area (Å²) in [6, 6.07) is 0. The Morgan fingerprint density at radius 3 is 1.11 bits per heavy atom. The van der Waals surface area contributed by atoms with Crippen molar-refractivity contribution in [2.24, 2.45) is 0 Å². The molecule has 0 bridgehead atoms. The molecule has 0 aliphatic rings. The predicted octanol–water partition coefficient (Wildman–Crippen LogP) is 18.4. The molecule has 0 fully saturated rings. The average molecular weight is 919 g/mol. The number of esters is 3. The third-order valence-electron chi connectivity index (χ3n) is 11.7. The number of hydrogen-bond acceptors (Lipinski definition) is 6. The number of rotatable bonds is 49. The lowest BCUT2D eigenvalue weighted by atomic mass is 10.1. The maximum atomic E-state index is 12.8. The van der Waals surface area contributed by atoms with Crippen molar-refractivity contribution in [3.63, 3.8) is 0 Å². The lowest BCUT2D eigenvalue weighted by molar-refractivity contribution is -0.166. The van der Waals surface area contributed by atoms with Crippen LogP contribution in [0.5, 0.6) is 0 Å². The number of carbonyl (C=O) groups is 3. The Bertz CT molecular complexity index is 1290. The van der Waals surface area contributed by atoms with E-state index >= 15 is 0 Å². The smallest absolute Gasteiger partial charge is 0.306 e. The van der Waals surface area contributed by atoms with E-state index in [0.29, 0.717) is 19.3 Å². The highest BCUT2D eigenvalue weighted by Crippen LogP contribution is 2.14. The van der Waals surface area contributed by atoms with Gasteiger partial charge in [-0.05, 0) is 89.9 Å². The second kappa shape index (κ2) is 54.2. The number of unbranched alkanes of at least 4 members (excludes halogenated alkanes) is 27. The standard InChI is InChI=1S/C60H102O6/c1-4-7-10-13-16-19-22-25-27-29-31-32-35-38-41-44-47-50-53-59(62)65-56-57(55-64-58(61)52-49-46-43-40-37-34-24-21-18-15-12-9-6-3)66-60(63)54-51-48-45-42-39-36-33-30-28-26-23-20-17-14-11-8-5-2/h16,19,22,25-29,31-32,34,37,43,46,57H,4-15,17-18,20-21,23-24,30,33,35-36,38-42,44-45,47-56H2,1-3H3/b19-16+,25-22+,28-26+,29-27+,32-31+,37-34+,46-43+. The van der Waals surface area contributed by atoms with Gasteiger partial charge in [0.05, 0.1) is 0 Å². The van der Waals surface area contributed by atoms with Gasteiger partial charge in [0.25, 0.3) is 0 Å². The summed E-state index contributed by atoms with van der Waals surface area (Å²) < 4.78 is 16.8. The van der Waals surface area contributed by atoms with Crippen LogP contribution in [0.1, 0.15) is 258 Å². The van der Waals surface area contributed by atoms with Crippen molar-refractivity contribution in [2.75, 3.05) is 13.2 Å². The van der Waals surface area contributed by atoms with Crippen LogP contribution in [-0.4, -0.2) is 37.2 Å². The van der Waals surface area contributed by atoms with E-state index in [1.807, 2.05) is 6.08 Å². The fraction of sp³-hybridized carbons (Fsp3) is 0.717. The minimum Gasteiger partial charge on any atom is -0.462 e. The normalized spacial score (nSPS) is 12.7. The summed E-state index contributed by atoms with van der Waals surface area (Å²) >= 11 is 0. The second-order valence-electron chi connectivity index (χ2n) is 18.2. The Kier molecular flexibility index (Phi) is 51.4. The molecule has 0 saturated heterocycles. The van der Waals surface area contributed by atoms with Crippen LogP contribution < -0.4 is 0 Å². The highest BCUT2D eigenvalue weighted by molar-refractivity contribution is 5.71. The molecule has 0 aromatic carbocycles. The third-order valence-corrected chi connectivity index (χ3v) is 11.7. The maximum Gasteiger partial charge on any atom is 0.306 e. The zero-order valence-electron chi connectivity index (χ0n) is 43.2. The largest absolute Gasteiger partial charge is 0.462 e. The van der Waals surface area contributed by atoms with E-state index in [2.05, 4.69) is 99.8 Å². The molecule has 0 radical (unpaired) electrons. The third kappa shape index (κ3) is 51.6. The molecular formula is C60H102O6. The van der Waals surface area contributed by atoms with E-state index < -0.39 is 6.10 Å². The number of carbonyl (C=O) groups excluding carboxylic acids is 3. The summed E-state index contributed by atoms with van der Waals surface area (Å²) in [6.45, 7) is 6.52. The number of ether oxygens (including phenoxy) is 3. The zero-order chi connectivity index (χ0) is 47.9. The average Bonchev–Trinajstić information content (AvgIpc) is 3.31. The van der Waals surface area contributed by atoms with Crippen molar-refractivity contribution >= 4 is 17.9 Å². The molecule has 0 aromatic rings. The Morgan fingerprint density at radius 1 is 0.318 bits per heavy atom. The minimum atomic E-state index is -0.811. The molecule has 1 atom stereocenters. The van der Waals surface area contributed by atoms with Crippen LogP contribution in [0.25, 0.3) is 0 Å². The molecule has 0 saturated carbocycles. The molecule has 0 rings (SSSR count). The summed E-state index contributed by atoms with van der Waals surface area (Å²) in [4.78, 5) is 38.0. The molecule has 0 amide bonds. The molecule has 0 spiro atoms. The van der Waals surface area contributed by atoms with E-state index in [4.69, 9.17) is 14.2 Å². The molecule has 6 nitrogen and oxygen atoms in total. The van der Waals surface area contributed by atoms with E-state index in [0.717, 1.165) is 77.0 Å². The minimum absolute atomic E-state index is 0.108. The van der Waals surface area contributed by atoms with Crippen molar-refractivity contribution in [2.45, 2.75) is 264 Å². The highest BCUT2D eigenvalue weighted by atomic mass is 16.6. The van der Waals surface area contributed by atoms with Gasteiger partial charge in [-0.2, -0.15) is 0 Å². The Morgan fingerprint density at radius 2 is 0.636 bits per heavy atom. The van der Waals surface area contributed by atoms with E-state index in [-0.39, 0.29) is 37.5 Å². The zero-order valence-corrected chi connectivity index (χ0v) is 43.2. The molecular weight excluding hydrogens is 817 g/mol. The van der Waals surface area contributed by atoms with Crippen LogP contribution >= 0.6 is 0 Å². The van der Waals surface area contributed by atoms with Crippen LogP contribution in [0.15, 0.2) is 85.1 Å². The molecule has 0 N–H and O–H groups in total. The van der Waals surface area contributed by atoms with Gasteiger partial charge >= 0.3 is 17.9 Å². The maximum absolute atomic E-state index is 12.8. The molecule has 0 aromatic heterocycles.